The van der Waals surface area contributed by atoms with Crippen molar-refractivity contribution in [2.24, 2.45) is 0 Å². The number of hydrogen-bond donors (Lipinski definition) is 1. The lowest BCUT2D eigenvalue weighted by Crippen LogP contribution is -2.36. The van der Waals surface area contributed by atoms with E-state index in [0.29, 0.717) is 26.2 Å². The van der Waals surface area contributed by atoms with Gasteiger partial charge in [0.1, 0.15) is 5.75 Å². The van der Waals surface area contributed by atoms with E-state index < -0.39 is 6.10 Å². The van der Waals surface area contributed by atoms with Crippen molar-refractivity contribution in [3.63, 3.8) is 0 Å². The lowest BCUT2D eigenvalue weighted by atomic mass is 10.1. The van der Waals surface area contributed by atoms with Crippen molar-refractivity contribution in [1.82, 2.24) is 9.80 Å². The Morgan fingerprint density at radius 2 is 1.78 bits per heavy atom. The number of β-amino-alcohol motifs (C(OH)–C–C–N with tert-alkyl or cyclic N) is 1. The Morgan fingerprint density at radius 1 is 1.04 bits per heavy atom. The summed E-state index contributed by atoms with van der Waals surface area (Å²) in [5, 5.41) is 10.1. The fraction of sp³-hybridized carbons (Fsp3) is 0.409. The van der Waals surface area contributed by atoms with Gasteiger partial charge in [0.15, 0.2) is 0 Å². The molecule has 1 N–H and O–H groups in total. The van der Waals surface area contributed by atoms with Gasteiger partial charge in [0.2, 0.25) is 5.91 Å². The molecule has 1 aliphatic heterocycles. The molecule has 0 spiro atoms. The van der Waals surface area contributed by atoms with E-state index in [-0.39, 0.29) is 5.91 Å². The number of amides is 1. The second kappa shape index (κ2) is 9.53. The van der Waals surface area contributed by atoms with Crippen LogP contribution in [-0.2, 0) is 17.8 Å². The molecule has 1 unspecified atom stereocenters. The largest absolute Gasteiger partial charge is 0.493 e. The van der Waals surface area contributed by atoms with Gasteiger partial charge in [-0.15, -0.1) is 0 Å². The van der Waals surface area contributed by atoms with Crippen LogP contribution in [0, 0.1) is 0 Å². The molecule has 0 aromatic heterocycles. The SMILES string of the molecule is CC(=O)N1CCN(Cc2ccc(OCCc3ccccc3)cc2)CC(O)C1. The predicted octanol–water partition coefficient (Wildman–Crippen LogP) is 2.33. The van der Waals surface area contributed by atoms with E-state index in [4.69, 9.17) is 4.74 Å². The lowest BCUT2D eigenvalue weighted by Gasteiger charge is -2.21. The van der Waals surface area contributed by atoms with E-state index in [2.05, 4.69) is 29.2 Å². The van der Waals surface area contributed by atoms with Crippen LogP contribution in [0.1, 0.15) is 18.1 Å². The summed E-state index contributed by atoms with van der Waals surface area (Å²) in [6, 6.07) is 18.4. The summed E-state index contributed by atoms with van der Waals surface area (Å²) in [4.78, 5) is 15.5. The Bertz CT molecular complexity index is 718. The molecule has 0 radical (unpaired) electrons. The first-order chi connectivity index (χ1) is 13.1. The average Bonchev–Trinajstić information content (AvgIpc) is 2.85. The third-order valence-electron chi connectivity index (χ3n) is 4.86. The van der Waals surface area contributed by atoms with Crippen molar-refractivity contribution in [3.05, 3.63) is 65.7 Å². The molecule has 3 rings (SSSR count). The second-order valence-electron chi connectivity index (χ2n) is 7.08. The number of benzene rings is 2. The van der Waals surface area contributed by atoms with Gasteiger partial charge < -0.3 is 14.7 Å². The van der Waals surface area contributed by atoms with Crippen molar-refractivity contribution >= 4 is 5.91 Å². The molecule has 0 bridgehead atoms. The van der Waals surface area contributed by atoms with E-state index in [1.54, 1.807) is 11.8 Å². The highest BCUT2D eigenvalue weighted by Crippen LogP contribution is 2.15. The highest BCUT2D eigenvalue weighted by Gasteiger charge is 2.22. The zero-order valence-electron chi connectivity index (χ0n) is 15.9. The molecule has 1 fully saturated rings. The van der Waals surface area contributed by atoms with Crippen LogP contribution in [0.5, 0.6) is 5.75 Å². The second-order valence-corrected chi connectivity index (χ2v) is 7.08. The number of nitrogens with zero attached hydrogens (tertiary/aromatic N) is 2. The normalized spacial score (nSPS) is 18.1. The van der Waals surface area contributed by atoms with Gasteiger partial charge in [-0.05, 0) is 23.3 Å². The first-order valence-corrected chi connectivity index (χ1v) is 9.52. The van der Waals surface area contributed by atoms with Gasteiger partial charge in [-0.3, -0.25) is 9.69 Å². The Kier molecular flexibility index (Phi) is 6.85. The molecular formula is C22H28N2O3. The fourth-order valence-corrected chi connectivity index (χ4v) is 3.37. The molecule has 2 aromatic rings. The van der Waals surface area contributed by atoms with E-state index >= 15 is 0 Å². The third kappa shape index (κ3) is 6.08. The smallest absolute Gasteiger partial charge is 0.219 e. The van der Waals surface area contributed by atoms with Crippen LogP contribution in [0.2, 0.25) is 0 Å². The Balaban J connectivity index is 1.48. The molecule has 144 valence electrons. The highest BCUT2D eigenvalue weighted by molar-refractivity contribution is 5.73. The van der Waals surface area contributed by atoms with Crippen LogP contribution in [0.3, 0.4) is 0 Å². The van der Waals surface area contributed by atoms with Crippen molar-refractivity contribution in [2.45, 2.75) is 26.0 Å². The number of carbonyl (C=O) groups is 1. The summed E-state index contributed by atoms with van der Waals surface area (Å²) >= 11 is 0. The molecule has 2 aromatic carbocycles. The van der Waals surface area contributed by atoms with E-state index in [1.165, 1.54) is 11.1 Å². The minimum absolute atomic E-state index is 0.0212. The van der Waals surface area contributed by atoms with Gasteiger partial charge in [0.25, 0.3) is 0 Å². The summed E-state index contributed by atoms with van der Waals surface area (Å²) in [5.41, 5.74) is 2.45. The summed E-state index contributed by atoms with van der Waals surface area (Å²) in [6.45, 7) is 5.40. The molecule has 5 heteroatoms. The first kappa shape index (κ1) is 19.4. The number of hydrogen-bond acceptors (Lipinski definition) is 4. The lowest BCUT2D eigenvalue weighted by molar-refractivity contribution is -0.129. The van der Waals surface area contributed by atoms with Crippen molar-refractivity contribution in [2.75, 3.05) is 32.8 Å². The van der Waals surface area contributed by atoms with Gasteiger partial charge in [0.05, 0.1) is 12.7 Å². The molecule has 0 saturated carbocycles. The third-order valence-corrected chi connectivity index (χ3v) is 4.86. The highest BCUT2D eigenvalue weighted by atomic mass is 16.5. The molecule has 1 saturated heterocycles. The summed E-state index contributed by atoms with van der Waals surface area (Å²) in [6.07, 6.45) is 0.387. The zero-order chi connectivity index (χ0) is 19.1. The van der Waals surface area contributed by atoms with E-state index in [9.17, 15) is 9.90 Å². The standard InChI is InChI=1S/C22H28N2O3/c1-18(25)24-13-12-23(16-21(26)17-24)15-20-7-9-22(10-8-20)27-14-11-19-5-3-2-4-6-19/h2-10,21,26H,11-17H2,1H3. The van der Waals surface area contributed by atoms with Crippen LogP contribution in [0.4, 0.5) is 0 Å². The molecule has 0 aliphatic carbocycles. The van der Waals surface area contributed by atoms with Crippen molar-refractivity contribution in [1.29, 1.82) is 0 Å². The minimum atomic E-state index is -0.503. The zero-order valence-corrected chi connectivity index (χ0v) is 15.9. The number of aliphatic hydroxyl groups is 1. The minimum Gasteiger partial charge on any atom is -0.493 e. The molecule has 1 amide bonds. The van der Waals surface area contributed by atoms with Crippen molar-refractivity contribution < 1.29 is 14.6 Å². The molecule has 27 heavy (non-hydrogen) atoms. The summed E-state index contributed by atoms with van der Waals surface area (Å²) in [7, 11) is 0. The number of rotatable bonds is 6. The molecular weight excluding hydrogens is 340 g/mol. The van der Waals surface area contributed by atoms with Crippen molar-refractivity contribution in [3.8, 4) is 5.75 Å². The molecule has 5 nitrogen and oxygen atoms in total. The van der Waals surface area contributed by atoms with Crippen LogP contribution < -0.4 is 4.74 Å². The maximum atomic E-state index is 11.6. The maximum absolute atomic E-state index is 11.6. The van der Waals surface area contributed by atoms with E-state index in [1.807, 2.05) is 30.3 Å². The Morgan fingerprint density at radius 3 is 2.48 bits per heavy atom. The predicted molar refractivity (Wildman–Crippen MR) is 106 cm³/mol. The number of aliphatic hydroxyl groups excluding tert-OH is 1. The van der Waals surface area contributed by atoms with E-state index in [0.717, 1.165) is 25.3 Å². The number of ether oxygens (including phenoxy) is 1. The number of carbonyl (C=O) groups excluding carboxylic acids is 1. The Hall–Kier alpha value is -2.37. The molecule has 1 atom stereocenters. The quantitative estimate of drug-likeness (QED) is 0.850. The topological polar surface area (TPSA) is 53.0 Å². The van der Waals surface area contributed by atoms with Crippen LogP contribution in [0.25, 0.3) is 0 Å². The molecule has 1 aliphatic rings. The van der Waals surface area contributed by atoms with Crippen LogP contribution >= 0.6 is 0 Å². The monoisotopic (exact) mass is 368 g/mol. The van der Waals surface area contributed by atoms with Crippen LogP contribution in [-0.4, -0.2) is 59.7 Å². The van der Waals surface area contributed by atoms with Gasteiger partial charge in [-0.1, -0.05) is 42.5 Å². The van der Waals surface area contributed by atoms with Gasteiger partial charge in [-0.2, -0.15) is 0 Å². The average molecular weight is 368 g/mol. The summed E-state index contributed by atoms with van der Waals surface area (Å²) < 4.78 is 5.83. The Labute approximate surface area is 161 Å². The molecule has 1 heterocycles. The first-order valence-electron chi connectivity index (χ1n) is 9.52. The van der Waals surface area contributed by atoms with Gasteiger partial charge >= 0.3 is 0 Å². The summed E-state index contributed by atoms with van der Waals surface area (Å²) in [5.74, 6) is 0.890. The van der Waals surface area contributed by atoms with Gasteiger partial charge in [-0.25, -0.2) is 0 Å². The van der Waals surface area contributed by atoms with Crippen LogP contribution in [0.15, 0.2) is 54.6 Å². The van der Waals surface area contributed by atoms with Gasteiger partial charge in [0, 0.05) is 46.1 Å². The maximum Gasteiger partial charge on any atom is 0.219 e. The fourth-order valence-electron chi connectivity index (χ4n) is 3.37.